The minimum Gasteiger partial charge on any atom is -0.455 e. The summed E-state index contributed by atoms with van der Waals surface area (Å²) in [5, 5.41) is 3.55. The molecule has 0 heterocycles. The van der Waals surface area contributed by atoms with Crippen LogP contribution in [0, 0.1) is 5.82 Å². The Morgan fingerprint density at radius 1 is 1.18 bits per heavy atom. The second-order valence-electron chi connectivity index (χ2n) is 3.45. The summed E-state index contributed by atoms with van der Waals surface area (Å²) in [4.78, 5) is 0. The predicted octanol–water partition coefficient (Wildman–Crippen LogP) is 4.31. The van der Waals surface area contributed by atoms with E-state index < -0.39 is 0 Å². The molecule has 2 nitrogen and oxygen atoms in total. The molecule has 0 saturated heterocycles. The maximum absolute atomic E-state index is 13.0. The van der Waals surface area contributed by atoms with E-state index in [1.54, 1.807) is 37.4 Å². The molecular weight excluding hydrogens is 241 g/mol. The zero-order valence-electron chi connectivity index (χ0n) is 9.21. The Labute approximate surface area is 104 Å². The third-order valence-corrected chi connectivity index (χ3v) is 2.47. The Balaban J connectivity index is 2.32. The van der Waals surface area contributed by atoms with Crippen LogP contribution in [0.1, 0.15) is 0 Å². The van der Waals surface area contributed by atoms with Gasteiger partial charge in [0.2, 0.25) is 0 Å². The molecule has 0 aliphatic carbocycles. The second kappa shape index (κ2) is 5.06. The van der Waals surface area contributed by atoms with Crippen molar-refractivity contribution in [2.75, 3.05) is 12.4 Å². The van der Waals surface area contributed by atoms with Crippen molar-refractivity contribution in [3.05, 3.63) is 53.3 Å². The maximum Gasteiger partial charge on any atom is 0.151 e. The number of rotatable bonds is 3. The molecule has 88 valence electrons. The van der Waals surface area contributed by atoms with Gasteiger partial charge in [-0.15, -0.1) is 0 Å². The minimum atomic E-state index is -0.337. The number of halogens is 2. The summed E-state index contributed by atoms with van der Waals surface area (Å²) in [6.07, 6.45) is 0. The SMILES string of the molecule is CNc1ccc(Cl)cc1Oc1cccc(F)c1. The molecule has 0 atom stereocenters. The van der Waals surface area contributed by atoms with Gasteiger partial charge in [0, 0.05) is 24.2 Å². The zero-order chi connectivity index (χ0) is 12.3. The molecule has 0 aliphatic rings. The molecular formula is C13H11ClFNO. The van der Waals surface area contributed by atoms with Gasteiger partial charge in [0.1, 0.15) is 11.6 Å². The Morgan fingerprint density at radius 2 is 2.00 bits per heavy atom. The molecule has 0 amide bonds. The number of benzene rings is 2. The van der Waals surface area contributed by atoms with E-state index in [9.17, 15) is 4.39 Å². The Morgan fingerprint density at radius 3 is 2.71 bits per heavy atom. The van der Waals surface area contributed by atoms with Crippen molar-refractivity contribution in [1.82, 2.24) is 0 Å². The molecule has 0 fully saturated rings. The van der Waals surface area contributed by atoms with Crippen molar-refractivity contribution in [1.29, 1.82) is 0 Å². The van der Waals surface area contributed by atoms with Crippen LogP contribution in [0.2, 0.25) is 5.02 Å². The van der Waals surface area contributed by atoms with Crippen LogP contribution >= 0.6 is 11.6 Å². The molecule has 0 aliphatic heterocycles. The molecule has 2 rings (SSSR count). The third-order valence-electron chi connectivity index (χ3n) is 2.24. The van der Waals surface area contributed by atoms with Gasteiger partial charge in [-0.05, 0) is 24.3 Å². The molecule has 0 aromatic heterocycles. The normalized spacial score (nSPS) is 10.1. The quantitative estimate of drug-likeness (QED) is 0.878. The molecule has 0 saturated carbocycles. The highest BCUT2D eigenvalue weighted by Gasteiger charge is 2.05. The Bertz CT molecular complexity index is 531. The third kappa shape index (κ3) is 2.88. The molecule has 0 spiro atoms. The van der Waals surface area contributed by atoms with E-state index in [4.69, 9.17) is 16.3 Å². The first-order valence-electron chi connectivity index (χ1n) is 5.10. The fourth-order valence-electron chi connectivity index (χ4n) is 1.44. The number of ether oxygens (including phenoxy) is 1. The standard InChI is InChI=1S/C13H11ClFNO/c1-16-12-6-5-9(14)7-13(12)17-11-4-2-3-10(15)8-11/h2-8,16H,1H3. The number of nitrogens with one attached hydrogen (secondary N) is 1. The fourth-order valence-corrected chi connectivity index (χ4v) is 1.61. The number of anilines is 1. The molecule has 0 unspecified atom stereocenters. The second-order valence-corrected chi connectivity index (χ2v) is 3.89. The first-order valence-corrected chi connectivity index (χ1v) is 5.47. The highest BCUT2D eigenvalue weighted by molar-refractivity contribution is 6.30. The van der Waals surface area contributed by atoms with Gasteiger partial charge < -0.3 is 10.1 Å². The van der Waals surface area contributed by atoms with Crippen LogP contribution in [-0.2, 0) is 0 Å². The van der Waals surface area contributed by atoms with E-state index >= 15 is 0 Å². The van der Waals surface area contributed by atoms with Crippen LogP contribution in [0.15, 0.2) is 42.5 Å². The average Bonchev–Trinajstić information content (AvgIpc) is 2.29. The van der Waals surface area contributed by atoms with Crippen LogP contribution in [0.25, 0.3) is 0 Å². The lowest BCUT2D eigenvalue weighted by Crippen LogP contribution is -1.93. The largest absolute Gasteiger partial charge is 0.455 e. The van der Waals surface area contributed by atoms with E-state index in [-0.39, 0.29) is 5.82 Å². The summed E-state index contributed by atoms with van der Waals surface area (Å²) in [6.45, 7) is 0. The fraction of sp³-hybridized carbons (Fsp3) is 0.0769. The van der Waals surface area contributed by atoms with Crippen molar-refractivity contribution in [2.24, 2.45) is 0 Å². The van der Waals surface area contributed by atoms with E-state index in [0.717, 1.165) is 5.69 Å². The van der Waals surface area contributed by atoms with Gasteiger partial charge in [-0.25, -0.2) is 4.39 Å². The van der Waals surface area contributed by atoms with E-state index in [2.05, 4.69) is 5.32 Å². The van der Waals surface area contributed by atoms with Gasteiger partial charge in [0.25, 0.3) is 0 Å². The summed E-state index contributed by atoms with van der Waals surface area (Å²) in [7, 11) is 1.78. The van der Waals surface area contributed by atoms with Crippen molar-refractivity contribution < 1.29 is 9.13 Å². The predicted molar refractivity (Wildman–Crippen MR) is 67.5 cm³/mol. The van der Waals surface area contributed by atoms with Crippen LogP contribution in [-0.4, -0.2) is 7.05 Å². The van der Waals surface area contributed by atoms with Crippen LogP contribution in [0.5, 0.6) is 11.5 Å². The van der Waals surface area contributed by atoms with Crippen LogP contribution in [0.4, 0.5) is 10.1 Å². The minimum absolute atomic E-state index is 0.337. The zero-order valence-corrected chi connectivity index (χ0v) is 9.96. The van der Waals surface area contributed by atoms with Gasteiger partial charge >= 0.3 is 0 Å². The first-order chi connectivity index (χ1) is 8.19. The first kappa shape index (κ1) is 11.7. The van der Waals surface area contributed by atoms with Gasteiger partial charge in [-0.1, -0.05) is 17.7 Å². The van der Waals surface area contributed by atoms with Gasteiger partial charge in [0.05, 0.1) is 5.69 Å². The van der Waals surface area contributed by atoms with Gasteiger partial charge in [-0.3, -0.25) is 0 Å². The summed E-state index contributed by atoms with van der Waals surface area (Å²) >= 11 is 5.89. The van der Waals surface area contributed by atoms with Gasteiger partial charge in [0.15, 0.2) is 5.75 Å². The van der Waals surface area contributed by atoms with Gasteiger partial charge in [-0.2, -0.15) is 0 Å². The average molecular weight is 252 g/mol. The molecule has 17 heavy (non-hydrogen) atoms. The number of hydrogen-bond acceptors (Lipinski definition) is 2. The highest BCUT2D eigenvalue weighted by Crippen LogP contribution is 2.32. The van der Waals surface area contributed by atoms with E-state index in [0.29, 0.717) is 16.5 Å². The van der Waals surface area contributed by atoms with Crippen LogP contribution in [0.3, 0.4) is 0 Å². The molecule has 2 aromatic carbocycles. The van der Waals surface area contributed by atoms with Crippen molar-refractivity contribution in [2.45, 2.75) is 0 Å². The molecule has 1 N–H and O–H groups in total. The summed E-state index contributed by atoms with van der Waals surface area (Å²) < 4.78 is 18.6. The summed E-state index contributed by atoms with van der Waals surface area (Å²) in [5.41, 5.74) is 0.790. The Hall–Kier alpha value is -1.74. The van der Waals surface area contributed by atoms with Crippen molar-refractivity contribution in [3.63, 3.8) is 0 Å². The lowest BCUT2D eigenvalue weighted by atomic mass is 10.3. The maximum atomic E-state index is 13.0. The summed E-state index contributed by atoms with van der Waals surface area (Å²) in [6, 6.07) is 11.2. The molecule has 0 bridgehead atoms. The lowest BCUT2D eigenvalue weighted by molar-refractivity contribution is 0.478. The molecule has 2 aromatic rings. The Kier molecular flexibility index (Phi) is 3.49. The topological polar surface area (TPSA) is 21.3 Å². The van der Waals surface area contributed by atoms with Crippen molar-refractivity contribution in [3.8, 4) is 11.5 Å². The smallest absolute Gasteiger partial charge is 0.151 e. The van der Waals surface area contributed by atoms with Crippen molar-refractivity contribution >= 4 is 17.3 Å². The summed E-state index contributed by atoms with van der Waals surface area (Å²) in [5.74, 6) is 0.657. The number of hydrogen-bond donors (Lipinski definition) is 1. The van der Waals surface area contributed by atoms with Crippen LogP contribution < -0.4 is 10.1 Å². The monoisotopic (exact) mass is 251 g/mol. The highest BCUT2D eigenvalue weighted by atomic mass is 35.5. The molecule has 0 radical (unpaired) electrons. The molecule has 4 heteroatoms. The van der Waals surface area contributed by atoms with E-state index in [1.165, 1.54) is 12.1 Å². The van der Waals surface area contributed by atoms with E-state index in [1.807, 2.05) is 0 Å². The lowest BCUT2D eigenvalue weighted by Gasteiger charge is -2.11.